The van der Waals surface area contributed by atoms with Crippen LogP contribution in [-0.2, 0) is 6.42 Å². The van der Waals surface area contributed by atoms with Gasteiger partial charge in [-0.05, 0) is 56.8 Å². The number of unbranched alkanes of at least 4 members (excludes halogenated alkanes) is 1. The smallest absolute Gasteiger partial charge is 0.251 e. The molecule has 1 aromatic rings. The van der Waals surface area contributed by atoms with E-state index >= 15 is 0 Å². The summed E-state index contributed by atoms with van der Waals surface area (Å²) in [6.45, 7) is 9.47. The monoisotopic (exact) mass is 387 g/mol. The summed E-state index contributed by atoms with van der Waals surface area (Å²) in [5.41, 5.74) is 1.83. The van der Waals surface area contributed by atoms with Crippen LogP contribution in [0.25, 0.3) is 0 Å². The first-order chi connectivity index (χ1) is 13.7. The van der Waals surface area contributed by atoms with Gasteiger partial charge in [-0.2, -0.15) is 0 Å². The van der Waals surface area contributed by atoms with Gasteiger partial charge >= 0.3 is 0 Å². The summed E-state index contributed by atoms with van der Waals surface area (Å²) >= 11 is 0. The molecule has 1 amide bonds. The van der Waals surface area contributed by atoms with Gasteiger partial charge in [0.25, 0.3) is 5.91 Å². The summed E-state index contributed by atoms with van der Waals surface area (Å²) in [5, 5.41) is 9.64. The SMILES string of the molecule is CCCCN1CCC(NC(=NCCc2cccc(C(=O)NC)c2)NCC)CC1. The van der Waals surface area contributed by atoms with Gasteiger partial charge in [0.15, 0.2) is 5.96 Å². The molecule has 6 heteroatoms. The molecule has 0 saturated carbocycles. The van der Waals surface area contributed by atoms with Gasteiger partial charge in [0.05, 0.1) is 0 Å². The van der Waals surface area contributed by atoms with E-state index in [-0.39, 0.29) is 5.91 Å². The number of benzene rings is 1. The van der Waals surface area contributed by atoms with Crippen LogP contribution in [-0.4, -0.2) is 62.6 Å². The van der Waals surface area contributed by atoms with Crippen molar-refractivity contribution in [2.45, 2.75) is 52.0 Å². The molecule has 1 aliphatic heterocycles. The maximum absolute atomic E-state index is 11.8. The highest BCUT2D eigenvalue weighted by Crippen LogP contribution is 2.11. The fourth-order valence-corrected chi connectivity index (χ4v) is 3.51. The third kappa shape index (κ3) is 7.50. The van der Waals surface area contributed by atoms with Crippen LogP contribution in [0.1, 0.15) is 55.5 Å². The van der Waals surface area contributed by atoms with E-state index in [0.717, 1.165) is 24.5 Å². The number of likely N-dealkylation sites (tertiary alicyclic amines) is 1. The zero-order valence-electron chi connectivity index (χ0n) is 17.8. The molecule has 0 radical (unpaired) electrons. The lowest BCUT2D eigenvalue weighted by atomic mass is 10.0. The van der Waals surface area contributed by atoms with Crippen molar-refractivity contribution in [1.29, 1.82) is 0 Å². The van der Waals surface area contributed by atoms with E-state index in [0.29, 0.717) is 18.2 Å². The molecule has 1 aromatic carbocycles. The number of piperidine rings is 1. The van der Waals surface area contributed by atoms with Gasteiger partial charge in [0.2, 0.25) is 0 Å². The van der Waals surface area contributed by atoms with Crippen LogP contribution in [0.4, 0.5) is 0 Å². The Bertz CT molecular complexity index is 623. The van der Waals surface area contributed by atoms with Gasteiger partial charge in [0, 0.05) is 44.8 Å². The second kappa shape index (κ2) is 12.4. The third-order valence-corrected chi connectivity index (χ3v) is 5.19. The number of aliphatic imine (C=N–C) groups is 1. The molecular formula is C22H37N5O. The fourth-order valence-electron chi connectivity index (χ4n) is 3.51. The maximum Gasteiger partial charge on any atom is 0.251 e. The maximum atomic E-state index is 11.8. The molecular weight excluding hydrogens is 350 g/mol. The Kier molecular flexibility index (Phi) is 9.83. The van der Waals surface area contributed by atoms with E-state index in [9.17, 15) is 4.79 Å². The first-order valence-corrected chi connectivity index (χ1v) is 10.7. The van der Waals surface area contributed by atoms with Crippen molar-refractivity contribution in [3.8, 4) is 0 Å². The zero-order chi connectivity index (χ0) is 20.2. The van der Waals surface area contributed by atoms with Gasteiger partial charge in [0.1, 0.15) is 0 Å². The van der Waals surface area contributed by atoms with E-state index in [2.05, 4.69) is 34.7 Å². The Morgan fingerprint density at radius 1 is 1.25 bits per heavy atom. The number of guanidine groups is 1. The van der Waals surface area contributed by atoms with Crippen LogP contribution in [0.3, 0.4) is 0 Å². The molecule has 156 valence electrons. The number of carbonyl (C=O) groups is 1. The first-order valence-electron chi connectivity index (χ1n) is 10.7. The molecule has 2 rings (SSSR count). The van der Waals surface area contributed by atoms with E-state index in [1.807, 2.05) is 24.3 Å². The van der Waals surface area contributed by atoms with Crippen molar-refractivity contribution >= 4 is 11.9 Å². The van der Waals surface area contributed by atoms with Gasteiger partial charge in [-0.3, -0.25) is 9.79 Å². The van der Waals surface area contributed by atoms with Gasteiger partial charge in [-0.1, -0.05) is 25.5 Å². The Labute approximate surface area is 170 Å². The summed E-state index contributed by atoms with van der Waals surface area (Å²) in [4.78, 5) is 19.1. The highest BCUT2D eigenvalue weighted by atomic mass is 16.1. The molecule has 1 heterocycles. The lowest BCUT2D eigenvalue weighted by Crippen LogP contribution is -2.48. The van der Waals surface area contributed by atoms with Crippen molar-refractivity contribution in [2.24, 2.45) is 4.99 Å². The fraction of sp³-hybridized carbons (Fsp3) is 0.636. The molecule has 0 unspecified atom stereocenters. The number of hydrogen-bond donors (Lipinski definition) is 3. The van der Waals surface area contributed by atoms with E-state index in [4.69, 9.17) is 4.99 Å². The summed E-state index contributed by atoms with van der Waals surface area (Å²) in [7, 11) is 1.65. The quantitative estimate of drug-likeness (QED) is 0.450. The van der Waals surface area contributed by atoms with Gasteiger partial charge in [-0.25, -0.2) is 0 Å². The molecule has 0 aliphatic carbocycles. The number of nitrogens with zero attached hydrogens (tertiary/aromatic N) is 2. The van der Waals surface area contributed by atoms with E-state index in [1.165, 1.54) is 45.3 Å². The number of rotatable bonds is 9. The molecule has 0 aromatic heterocycles. The lowest BCUT2D eigenvalue weighted by Gasteiger charge is -2.33. The van der Waals surface area contributed by atoms with Crippen molar-refractivity contribution in [3.63, 3.8) is 0 Å². The third-order valence-electron chi connectivity index (χ3n) is 5.19. The van der Waals surface area contributed by atoms with Crippen molar-refractivity contribution in [1.82, 2.24) is 20.9 Å². The molecule has 0 spiro atoms. The normalized spacial score (nSPS) is 16.0. The van der Waals surface area contributed by atoms with E-state index < -0.39 is 0 Å². The predicted molar refractivity (Wildman–Crippen MR) is 117 cm³/mol. The Morgan fingerprint density at radius 2 is 2.04 bits per heavy atom. The topological polar surface area (TPSA) is 68.8 Å². The second-order valence-electron chi connectivity index (χ2n) is 7.40. The molecule has 6 nitrogen and oxygen atoms in total. The van der Waals surface area contributed by atoms with E-state index in [1.54, 1.807) is 7.05 Å². The average Bonchev–Trinajstić information content (AvgIpc) is 2.73. The number of carbonyl (C=O) groups excluding carboxylic acids is 1. The molecule has 0 atom stereocenters. The summed E-state index contributed by atoms with van der Waals surface area (Å²) in [5.74, 6) is 0.850. The van der Waals surface area contributed by atoms with Crippen LogP contribution in [0.5, 0.6) is 0 Å². The molecule has 1 fully saturated rings. The first kappa shape index (κ1) is 22.2. The van der Waals surface area contributed by atoms with Crippen LogP contribution in [0.2, 0.25) is 0 Å². The standard InChI is InChI=1S/C22H37N5O/c1-4-6-14-27-15-11-20(12-16-27)26-22(24-5-2)25-13-10-18-8-7-9-19(17-18)21(28)23-3/h7-9,17,20H,4-6,10-16H2,1-3H3,(H,23,28)(H2,24,25,26). The molecule has 28 heavy (non-hydrogen) atoms. The Morgan fingerprint density at radius 3 is 2.71 bits per heavy atom. The van der Waals surface area contributed by atoms with Gasteiger partial charge in [-0.15, -0.1) is 0 Å². The van der Waals surface area contributed by atoms with Crippen molar-refractivity contribution < 1.29 is 4.79 Å². The Hall–Kier alpha value is -2.08. The predicted octanol–water partition coefficient (Wildman–Crippen LogP) is 2.41. The summed E-state index contributed by atoms with van der Waals surface area (Å²) in [6.07, 6.45) is 5.71. The van der Waals surface area contributed by atoms with Crippen LogP contribution in [0, 0.1) is 0 Å². The number of nitrogens with one attached hydrogen (secondary N) is 3. The summed E-state index contributed by atoms with van der Waals surface area (Å²) < 4.78 is 0. The molecule has 3 N–H and O–H groups in total. The van der Waals surface area contributed by atoms with Crippen LogP contribution in [0.15, 0.2) is 29.3 Å². The largest absolute Gasteiger partial charge is 0.357 e. The highest BCUT2D eigenvalue weighted by molar-refractivity contribution is 5.94. The van der Waals surface area contributed by atoms with Crippen molar-refractivity contribution in [2.75, 3.05) is 39.8 Å². The average molecular weight is 388 g/mol. The zero-order valence-corrected chi connectivity index (χ0v) is 17.8. The molecule has 1 aliphatic rings. The van der Waals surface area contributed by atoms with Crippen LogP contribution < -0.4 is 16.0 Å². The van der Waals surface area contributed by atoms with Crippen molar-refractivity contribution in [3.05, 3.63) is 35.4 Å². The lowest BCUT2D eigenvalue weighted by molar-refractivity contribution is 0.0963. The number of amides is 1. The minimum atomic E-state index is -0.0503. The molecule has 1 saturated heterocycles. The molecule has 0 bridgehead atoms. The minimum Gasteiger partial charge on any atom is -0.357 e. The summed E-state index contributed by atoms with van der Waals surface area (Å²) in [6, 6.07) is 8.26. The van der Waals surface area contributed by atoms with Gasteiger partial charge < -0.3 is 20.9 Å². The Balaban J connectivity index is 1.83. The highest BCUT2D eigenvalue weighted by Gasteiger charge is 2.19. The minimum absolute atomic E-state index is 0.0503. The number of hydrogen-bond acceptors (Lipinski definition) is 3. The van der Waals surface area contributed by atoms with Crippen LogP contribution >= 0.6 is 0 Å². The second-order valence-corrected chi connectivity index (χ2v) is 7.40.